The van der Waals surface area contributed by atoms with Crippen molar-refractivity contribution in [3.63, 3.8) is 0 Å². The third kappa shape index (κ3) is 2.32. The van der Waals surface area contributed by atoms with Crippen LogP contribution in [0.2, 0.25) is 0 Å². The zero-order valence-electron chi connectivity index (χ0n) is 5.97. The molecule has 0 unspecified atom stereocenters. The summed E-state index contributed by atoms with van der Waals surface area (Å²) in [6, 6.07) is 8.78. The van der Waals surface area contributed by atoms with E-state index in [9.17, 15) is 4.91 Å². The molecule has 5 nitrogen and oxygen atoms in total. The van der Waals surface area contributed by atoms with Gasteiger partial charge in [0.05, 0.1) is 11.0 Å². The Morgan fingerprint density at radius 3 is 2.27 bits per heavy atom. The van der Waals surface area contributed by atoms with E-state index in [4.69, 9.17) is 5.84 Å². The average Bonchev–Trinajstić information content (AvgIpc) is 2.05. The van der Waals surface area contributed by atoms with Crippen molar-refractivity contribution in [2.45, 2.75) is 0 Å². The summed E-state index contributed by atoms with van der Waals surface area (Å²) in [5.74, 6) is 5.15. The zero-order chi connectivity index (χ0) is 7.40. The van der Waals surface area contributed by atoms with Crippen molar-refractivity contribution in [3.05, 3.63) is 35.2 Å². The maximum absolute atomic E-state index is 9.86. The van der Waals surface area contributed by atoms with E-state index in [1.807, 2.05) is 6.07 Å². The lowest BCUT2D eigenvalue weighted by Crippen LogP contribution is -2.22. The molecule has 0 aliphatic heterocycles. The Morgan fingerprint density at radius 2 is 1.82 bits per heavy atom. The number of hydrogen-bond donors (Lipinski definition) is 2. The minimum atomic E-state index is 0. The summed E-state index contributed by atoms with van der Waals surface area (Å²) in [5.41, 5.74) is 0.581. The van der Waals surface area contributed by atoms with Crippen molar-refractivity contribution >= 4 is 5.69 Å². The molecule has 60 valence electrons. The van der Waals surface area contributed by atoms with Gasteiger partial charge in [0.25, 0.3) is 0 Å². The Kier molecular flexibility index (Phi) is 3.79. The highest BCUT2D eigenvalue weighted by Crippen LogP contribution is 2.08. The molecular formula is C6H10N4O. The average molecular weight is 154 g/mol. The van der Waals surface area contributed by atoms with Crippen LogP contribution < -0.4 is 17.1 Å². The van der Waals surface area contributed by atoms with Gasteiger partial charge in [0.2, 0.25) is 0 Å². The normalized spacial score (nSPS) is 8.09. The minimum Gasteiger partial charge on any atom is -0.344 e. The lowest BCUT2D eigenvalue weighted by molar-refractivity contribution is 0.916. The molecule has 0 aliphatic carbocycles. The van der Waals surface area contributed by atoms with E-state index in [0.717, 1.165) is 5.12 Å². The predicted molar refractivity (Wildman–Crippen MR) is 43.9 cm³/mol. The highest BCUT2D eigenvalue weighted by Gasteiger charge is 1.95. The van der Waals surface area contributed by atoms with Crippen molar-refractivity contribution in [1.29, 1.82) is 0 Å². The number of nitrogens with two attached hydrogens (primary N) is 1. The van der Waals surface area contributed by atoms with Gasteiger partial charge in [-0.15, -0.1) is 4.91 Å². The highest BCUT2D eigenvalue weighted by atomic mass is 16.3. The smallest absolute Gasteiger partial charge is 0.0809 e. The van der Waals surface area contributed by atoms with E-state index in [2.05, 4.69) is 5.29 Å². The van der Waals surface area contributed by atoms with Crippen LogP contribution in [-0.4, -0.2) is 0 Å². The Labute approximate surface area is 64.3 Å². The molecule has 1 aromatic rings. The summed E-state index contributed by atoms with van der Waals surface area (Å²) in [5, 5.41) is 3.30. The number of benzene rings is 1. The molecule has 0 aliphatic rings. The van der Waals surface area contributed by atoms with E-state index in [0.29, 0.717) is 5.69 Å². The Bertz CT molecular complexity index is 213. The fourth-order valence-corrected chi connectivity index (χ4v) is 0.628. The molecule has 0 saturated heterocycles. The lowest BCUT2D eigenvalue weighted by Gasteiger charge is -2.05. The van der Waals surface area contributed by atoms with Gasteiger partial charge in [0.1, 0.15) is 0 Å². The highest BCUT2D eigenvalue weighted by molar-refractivity contribution is 5.42. The molecule has 11 heavy (non-hydrogen) atoms. The van der Waals surface area contributed by atoms with E-state index < -0.39 is 0 Å². The van der Waals surface area contributed by atoms with Gasteiger partial charge >= 0.3 is 0 Å². The number of hydrogen-bond acceptors (Lipinski definition) is 4. The predicted octanol–water partition coefficient (Wildman–Crippen LogP) is 1.21. The SMILES string of the molecule is N.NN(N=O)c1ccccc1. The summed E-state index contributed by atoms with van der Waals surface area (Å²) in [4.78, 5) is 9.86. The van der Waals surface area contributed by atoms with Crippen molar-refractivity contribution in [2.24, 2.45) is 11.1 Å². The molecule has 0 atom stereocenters. The van der Waals surface area contributed by atoms with E-state index >= 15 is 0 Å². The Hall–Kier alpha value is -1.46. The van der Waals surface area contributed by atoms with Crippen LogP contribution in [0.5, 0.6) is 0 Å². The molecule has 5 heteroatoms. The van der Waals surface area contributed by atoms with E-state index in [1.165, 1.54) is 0 Å². The number of nitrogens with zero attached hydrogens (tertiary/aromatic N) is 2. The number of anilines is 1. The summed E-state index contributed by atoms with van der Waals surface area (Å²) < 4.78 is 0. The molecule has 0 spiro atoms. The van der Waals surface area contributed by atoms with Crippen LogP contribution in [0.3, 0.4) is 0 Å². The lowest BCUT2D eigenvalue weighted by atomic mass is 10.3. The van der Waals surface area contributed by atoms with Crippen molar-refractivity contribution in [2.75, 3.05) is 5.12 Å². The van der Waals surface area contributed by atoms with Crippen LogP contribution in [-0.2, 0) is 0 Å². The van der Waals surface area contributed by atoms with Crippen molar-refractivity contribution in [1.82, 2.24) is 6.15 Å². The molecule has 0 bridgehead atoms. The third-order valence-corrected chi connectivity index (χ3v) is 1.11. The van der Waals surface area contributed by atoms with Crippen LogP contribution in [0.15, 0.2) is 35.6 Å². The molecule has 0 heterocycles. The largest absolute Gasteiger partial charge is 0.344 e. The summed E-state index contributed by atoms with van der Waals surface area (Å²) in [6.07, 6.45) is 0. The molecule has 1 rings (SSSR count). The van der Waals surface area contributed by atoms with Gasteiger partial charge in [-0.3, -0.25) is 0 Å². The zero-order valence-corrected chi connectivity index (χ0v) is 5.97. The fraction of sp³-hybridized carbons (Fsp3) is 0. The van der Waals surface area contributed by atoms with Gasteiger partial charge in [0, 0.05) is 0 Å². The van der Waals surface area contributed by atoms with Crippen molar-refractivity contribution < 1.29 is 0 Å². The van der Waals surface area contributed by atoms with Crippen LogP contribution in [0.25, 0.3) is 0 Å². The molecule has 0 amide bonds. The Morgan fingerprint density at radius 1 is 1.27 bits per heavy atom. The second-order valence-corrected chi connectivity index (χ2v) is 1.76. The second-order valence-electron chi connectivity index (χ2n) is 1.76. The molecule has 1 aromatic carbocycles. The van der Waals surface area contributed by atoms with Crippen LogP contribution >= 0.6 is 0 Å². The molecule has 0 aromatic heterocycles. The second kappa shape index (κ2) is 4.37. The first-order valence-corrected chi connectivity index (χ1v) is 2.78. The van der Waals surface area contributed by atoms with Crippen LogP contribution in [0, 0.1) is 4.91 Å². The minimum absolute atomic E-state index is 0. The quantitative estimate of drug-likeness (QED) is 0.380. The first-order valence-electron chi connectivity index (χ1n) is 2.78. The number of rotatable bonds is 2. The van der Waals surface area contributed by atoms with Gasteiger partial charge in [-0.1, -0.05) is 18.2 Å². The van der Waals surface area contributed by atoms with E-state index in [1.54, 1.807) is 24.3 Å². The van der Waals surface area contributed by atoms with Gasteiger partial charge in [-0.05, 0) is 12.1 Å². The van der Waals surface area contributed by atoms with Crippen LogP contribution in [0.4, 0.5) is 5.69 Å². The summed E-state index contributed by atoms with van der Waals surface area (Å²) >= 11 is 0. The van der Waals surface area contributed by atoms with Crippen molar-refractivity contribution in [3.8, 4) is 0 Å². The van der Waals surface area contributed by atoms with Gasteiger partial charge in [0.15, 0.2) is 0 Å². The molecular weight excluding hydrogens is 144 g/mol. The molecule has 5 N–H and O–H groups in total. The number of hydrazine groups is 1. The number of nitroso groups, excluding NO2 is 1. The standard InChI is InChI=1S/C6H7N3O.H3N/c7-9(8-10)6-4-2-1-3-5-6;/h1-5H,7H2;1H3. The third-order valence-electron chi connectivity index (χ3n) is 1.11. The fourth-order valence-electron chi connectivity index (χ4n) is 0.628. The summed E-state index contributed by atoms with van der Waals surface area (Å²) in [6.45, 7) is 0. The van der Waals surface area contributed by atoms with E-state index in [-0.39, 0.29) is 6.15 Å². The first kappa shape index (κ1) is 9.54. The monoisotopic (exact) mass is 154 g/mol. The first-order chi connectivity index (χ1) is 4.84. The Balaban J connectivity index is 0.000001000. The topological polar surface area (TPSA) is 93.7 Å². The van der Waals surface area contributed by atoms with Gasteiger partial charge in [-0.25, -0.2) is 5.84 Å². The molecule has 0 fully saturated rings. The van der Waals surface area contributed by atoms with Gasteiger partial charge < -0.3 is 6.15 Å². The van der Waals surface area contributed by atoms with Gasteiger partial charge in [-0.2, -0.15) is 5.12 Å². The number of para-hydroxylation sites is 1. The summed E-state index contributed by atoms with van der Waals surface area (Å²) in [7, 11) is 0. The molecule has 0 radical (unpaired) electrons. The van der Waals surface area contributed by atoms with Crippen LogP contribution in [0.1, 0.15) is 0 Å². The maximum atomic E-state index is 9.86. The maximum Gasteiger partial charge on any atom is 0.0809 e. The molecule has 0 saturated carbocycles.